The van der Waals surface area contributed by atoms with Crippen molar-refractivity contribution in [1.82, 2.24) is 14.1 Å². The van der Waals surface area contributed by atoms with E-state index in [0.29, 0.717) is 20.4 Å². The Kier molecular flexibility index (Phi) is 5.79. The Morgan fingerprint density at radius 1 is 1.10 bits per heavy atom. The molecular weight excluding hydrogens is 432 g/mol. The monoisotopic (exact) mass is 452 g/mol. The second-order valence-electron chi connectivity index (χ2n) is 7.04. The third-order valence-electron chi connectivity index (χ3n) is 4.85. The lowest BCUT2D eigenvalue weighted by atomic mass is 10.2. The Hall–Kier alpha value is -3.17. The van der Waals surface area contributed by atoms with Crippen molar-refractivity contribution in [3.63, 3.8) is 0 Å². The van der Waals surface area contributed by atoms with Gasteiger partial charge in [0.1, 0.15) is 11.2 Å². The molecule has 2 heterocycles. The standard InChI is InChI=1S/C22H20N4O3S2/c1-13-8-10-15(11-9-13)26-20(28)18-19(24-21(30-3)31-18)25(22(26)29)12-17(27)23-16-7-5-4-6-14(16)2/h4-11H,12H2,1-3H3,(H,23,27). The van der Waals surface area contributed by atoms with E-state index in [-0.39, 0.29) is 18.1 Å². The van der Waals surface area contributed by atoms with Gasteiger partial charge in [0.15, 0.2) is 9.99 Å². The smallest absolute Gasteiger partial charge is 0.324 e. The van der Waals surface area contributed by atoms with Crippen LogP contribution in [-0.4, -0.2) is 26.3 Å². The van der Waals surface area contributed by atoms with E-state index in [1.807, 2.05) is 50.4 Å². The third-order valence-corrected chi connectivity index (χ3v) is 6.87. The van der Waals surface area contributed by atoms with Crippen LogP contribution >= 0.6 is 23.1 Å². The van der Waals surface area contributed by atoms with Crippen LogP contribution in [-0.2, 0) is 11.3 Å². The molecule has 0 spiro atoms. The molecule has 0 aliphatic heterocycles. The Labute approximate surface area is 186 Å². The number of benzene rings is 2. The van der Waals surface area contributed by atoms with E-state index in [0.717, 1.165) is 15.7 Å². The number of nitrogens with zero attached hydrogens (tertiary/aromatic N) is 3. The molecule has 0 fully saturated rings. The van der Waals surface area contributed by atoms with Crippen molar-refractivity contribution in [2.45, 2.75) is 24.7 Å². The van der Waals surface area contributed by atoms with Gasteiger partial charge in [-0.25, -0.2) is 14.3 Å². The number of fused-ring (bicyclic) bond motifs is 1. The topological polar surface area (TPSA) is 86.0 Å². The van der Waals surface area contributed by atoms with Crippen molar-refractivity contribution in [3.8, 4) is 5.69 Å². The van der Waals surface area contributed by atoms with Crippen LogP contribution in [0.4, 0.5) is 5.69 Å². The van der Waals surface area contributed by atoms with E-state index in [9.17, 15) is 14.4 Å². The molecule has 0 aliphatic carbocycles. The van der Waals surface area contributed by atoms with Gasteiger partial charge in [0.05, 0.1) is 5.69 Å². The quantitative estimate of drug-likeness (QED) is 0.468. The molecule has 0 unspecified atom stereocenters. The highest BCUT2D eigenvalue weighted by Crippen LogP contribution is 2.25. The van der Waals surface area contributed by atoms with Gasteiger partial charge in [-0.05, 0) is 43.9 Å². The highest BCUT2D eigenvalue weighted by molar-refractivity contribution is 8.00. The van der Waals surface area contributed by atoms with Gasteiger partial charge >= 0.3 is 5.69 Å². The number of rotatable bonds is 5. The van der Waals surface area contributed by atoms with Crippen molar-refractivity contribution < 1.29 is 4.79 Å². The Morgan fingerprint density at radius 2 is 1.81 bits per heavy atom. The van der Waals surface area contributed by atoms with Crippen molar-refractivity contribution in [3.05, 3.63) is 80.5 Å². The number of hydrogen-bond acceptors (Lipinski definition) is 6. The van der Waals surface area contributed by atoms with Crippen LogP contribution in [0, 0.1) is 13.8 Å². The molecule has 0 atom stereocenters. The van der Waals surface area contributed by atoms with Gasteiger partial charge in [-0.3, -0.25) is 14.2 Å². The van der Waals surface area contributed by atoms with Gasteiger partial charge in [0, 0.05) is 5.69 Å². The zero-order chi connectivity index (χ0) is 22.1. The first-order valence-corrected chi connectivity index (χ1v) is 11.6. The van der Waals surface area contributed by atoms with Crippen LogP contribution in [0.5, 0.6) is 0 Å². The number of nitrogens with one attached hydrogen (secondary N) is 1. The fourth-order valence-electron chi connectivity index (χ4n) is 3.21. The zero-order valence-corrected chi connectivity index (χ0v) is 18.8. The summed E-state index contributed by atoms with van der Waals surface area (Å²) in [5, 5.41) is 2.84. The van der Waals surface area contributed by atoms with E-state index in [4.69, 9.17) is 0 Å². The predicted molar refractivity (Wildman–Crippen MR) is 126 cm³/mol. The van der Waals surface area contributed by atoms with Gasteiger partial charge in [-0.1, -0.05) is 47.7 Å². The second kappa shape index (κ2) is 8.52. The molecule has 1 amide bonds. The first-order chi connectivity index (χ1) is 14.9. The summed E-state index contributed by atoms with van der Waals surface area (Å²) in [6.07, 6.45) is 1.85. The number of para-hydroxylation sites is 1. The summed E-state index contributed by atoms with van der Waals surface area (Å²) in [6, 6.07) is 14.5. The molecule has 158 valence electrons. The van der Waals surface area contributed by atoms with Crippen molar-refractivity contribution >= 4 is 45.0 Å². The normalized spacial score (nSPS) is 11.1. The molecule has 0 aliphatic rings. The number of amides is 1. The predicted octanol–water partition coefficient (Wildman–Crippen LogP) is 3.59. The number of carbonyl (C=O) groups excluding carboxylic acids is 1. The summed E-state index contributed by atoms with van der Waals surface area (Å²) < 4.78 is 3.36. The number of anilines is 1. The van der Waals surface area contributed by atoms with Crippen LogP contribution in [0.2, 0.25) is 0 Å². The van der Waals surface area contributed by atoms with Crippen LogP contribution in [0.3, 0.4) is 0 Å². The molecule has 1 N–H and O–H groups in total. The Balaban J connectivity index is 1.85. The number of thiazole rings is 1. The van der Waals surface area contributed by atoms with E-state index in [2.05, 4.69) is 10.3 Å². The van der Waals surface area contributed by atoms with Crippen molar-refractivity contribution in [2.75, 3.05) is 11.6 Å². The Morgan fingerprint density at radius 3 is 2.48 bits per heavy atom. The molecule has 9 heteroatoms. The molecule has 2 aromatic heterocycles. The molecule has 0 saturated heterocycles. The lowest BCUT2D eigenvalue weighted by Crippen LogP contribution is -2.40. The molecule has 4 aromatic rings. The average Bonchev–Trinajstić information content (AvgIpc) is 3.19. The zero-order valence-electron chi connectivity index (χ0n) is 17.2. The molecule has 31 heavy (non-hydrogen) atoms. The van der Waals surface area contributed by atoms with E-state index < -0.39 is 11.2 Å². The molecule has 0 radical (unpaired) electrons. The van der Waals surface area contributed by atoms with Gasteiger partial charge in [0.25, 0.3) is 5.56 Å². The maximum atomic E-state index is 13.3. The molecular formula is C22H20N4O3S2. The Bertz CT molecular complexity index is 1400. The van der Waals surface area contributed by atoms with E-state index >= 15 is 0 Å². The summed E-state index contributed by atoms with van der Waals surface area (Å²) in [4.78, 5) is 43.7. The fourth-order valence-corrected chi connectivity index (χ4v) is 4.71. The summed E-state index contributed by atoms with van der Waals surface area (Å²) >= 11 is 2.61. The summed E-state index contributed by atoms with van der Waals surface area (Å²) in [6.45, 7) is 3.56. The van der Waals surface area contributed by atoms with Gasteiger partial charge in [-0.2, -0.15) is 0 Å². The summed E-state index contributed by atoms with van der Waals surface area (Å²) in [7, 11) is 0. The maximum absolute atomic E-state index is 13.3. The number of aromatic nitrogens is 3. The van der Waals surface area contributed by atoms with Crippen molar-refractivity contribution in [1.29, 1.82) is 0 Å². The molecule has 4 rings (SSSR count). The van der Waals surface area contributed by atoms with E-state index in [1.165, 1.54) is 27.7 Å². The molecule has 7 nitrogen and oxygen atoms in total. The highest BCUT2D eigenvalue weighted by Gasteiger charge is 2.20. The number of hydrogen-bond donors (Lipinski definition) is 1. The van der Waals surface area contributed by atoms with Crippen molar-refractivity contribution in [2.24, 2.45) is 0 Å². The number of carbonyl (C=O) groups is 1. The summed E-state index contributed by atoms with van der Waals surface area (Å²) in [5.41, 5.74) is 2.25. The number of aryl methyl sites for hydroxylation is 2. The average molecular weight is 453 g/mol. The molecule has 0 saturated carbocycles. The lowest BCUT2D eigenvalue weighted by molar-refractivity contribution is -0.116. The van der Waals surface area contributed by atoms with E-state index in [1.54, 1.807) is 18.2 Å². The first-order valence-electron chi connectivity index (χ1n) is 9.52. The first kappa shape index (κ1) is 21.1. The van der Waals surface area contributed by atoms with Crippen LogP contribution in [0.25, 0.3) is 16.0 Å². The second-order valence-corrected chi connectivity index (χ2v) is 9.10. The lowest BCUT2D eigenvalue weighted by Gasteiger charge is -2.12. The fraction of sp³-hybridized carbons (Fsp3) is 0.182. The van der Waals surface area contributed by atoms with Crippen LogP contribution < -0.4 is 16.6 Å². The highest BCUT2D eigenvalue weighted by atomic mass is 32.2. The minimum atomic E-state index is -0.598. The third kappa shape index (κ3) is 4.06. The minimum Gasteiger partial charge on any atom is -0.324 e. The molecule has 0 bridgehead atoms. The minimum absolute atomic E-state index is 0.229. The van der Waals surface area contributed by atoms with Crippen LogP contribution in [0.15, 0.2) is 62.5 Å². The molecule has 2 aromatic carbocycles. The SMILES string of the molecule is CSc1nc2c(s1)c(=O)n(-c1ccc(C)cc1)c(=O)n2CC(=O)Nc1ccccc1C. The maximum Gasteiger partial charge on any atom is 0.337 e. The van der Waals surface area contributed by atoms with Gasteiger partial charge in [0.2, 0.25) is 5.91 Å². The number of thioether (sulfide) groups is 1. The van der Waals surface area contributed by atoms with Gasteiger partial charge in [-0.15, -0.1) is 11.3 Å². The summed E-state index contributed by atoms with van der Waals surface area (Å²) in [5.74, 6) is -0.370. The largest absolute Gasteiger partial charge is 0.337 e. The van der Waals surface area contributed by atoms with Crippen LogP contribution in [0.1, 0.15) is 11.1 Å². The van der Waals surface area contributed by atoms with Gasteiger partial charge < -0.3 is 5.32 Å².